The number of fused-ring (bicyclic) bond motifs is 1. The number of hydrogen-bond acceptors (Lipinski definition) is 10. The van der Waals surface area contributed by atoms with Crippen LogP contribution in [0.3, 0.4) is 0 Å². The number of rotatable bonds is 8. The number of amides is 1. The first-order valence-corrected chi connectivity index (χ1v) is 12.1. The van der Waals surface area contributed by atoms with Gasteiger partial charge >= 0.3 is 0 Å². The van der Waals surface area contributed by atoms with Crippen LogP contribution in [0.2, 0.25) is 0 Å². The molecule has 2 aliphatic rings. The van der Waals surface area contributed by atoms with Gasteiger partial charge in [0.25, 0.3) is 0 Å². The summed E-state index contributed by atoms with van der Waals surface area (Å²) >= 11 is 0. The van der Waals surface area contributed by atoms with Crippen LogP contribution >= 0.6 is 0 Å². The molecule has 5 rings (SSSR count). The number of morpholine rings is 1. The van der Waals surface area contributed by atoms with Crippen LogP contribution < -0.4 is 21.3 Å². The molecule has 4 N–H and O–H groups in total. The van der Waals surface area contributed by atoms with E-state index in [1.54, 1.807) is 6.20 Å². The van der Waals surface area contributed by atoms with Crippen LogP contribution in [0, 0.1) is 12.8 Å². The van der Waals surface area contributed by atoms with Crippen molar-refractivity contribution in [3.8, 4) is 11.4 Å². The van der Waals surface area contributed by atoms with Crippen molar-refractivity contribution in [2.75, 3.05) is 48.8 Å². The molecular weight excluding hydrogens is 448 g/mol. The Morgan fingerprint density at radius 1 is 1.23 bits per heavy atom. The van der Waals surface area contributed by atoms with Gasteiger partial charge in [0.05, 0.1) is 30.5 Å². The number of nitrogen functional groups attached to an aromatic ring is 1. The Bertz CT molecular complexity index is 1240. The molecule has 3 aromatic rings. The van der Waals surface area contributed by atoms with Crippen molar-refractivity contribution >= 4 is 34.8 Å². The van der Waals surface area contributed by atoms with Crippen LogP contribution in [-0.4, -0.2) is 74.3 Å². The molecule has 0 unspecified atom stereocenters. The summed E-state index contributed by atoms with van der Waals surface area (Å²) in [5.41, 5.74) is 8.78. The molecule has 12 nitrogen and oxygen atoms in total. The van der Waals surface area contributed by atoms with Gasteiger partial charge in [-0.3, -0.25) is 9.36 Å². The van der Waals surface area contributed by atoms with Crippen molar-refractivity contribution in [1.29, 1.82) is 0 Å². The zero-order valence-electron chi connectivity index (χ0n) is 20.4. The largest absolute Gasteiger partial charge is 0.377 e. The predicted molar refractivity (Wildman–Crippen MR) is 133 cm³/mol. The van der Waals surface area contributed by atoms with Crippen LogP contribution in [0.15, 0.2) is 6.20 Å². The summed E-state index contributed by atoms with van der Waals surface area (Å²) in [6, 6.07) is 0.142. The normalized spacial score (nSPS) is 18.1. The highest BCUT2D eigenvalue weighted by atomic mass is 16.5. The summed E-state index contributed by atoms with van der Waals surface area (Å²) in [6.45, 7) is 9.37. The molecule has 3 aromatic heterocycles. The van der Waals surface area contributed by atoms with Gasteiger partial charge in [0.2, 0.25) is 17.8 Å². The maximum Gasteiger partial charge on any atom is 0.220 e. The number of ether oxygens (including phenoxy) is 1. The van der Waals surface area contributed by atoms with E-state index in [1.807, 2.05) is 6.92 Å². The van der Waals surface area contributed by atoms with Gasteiger partial charge in [-0.25, -0.2) is 24.9 Å². The molecule has 1 atom stereocenters. The minimum atomic E-state index is -0.0570. The SMILES string of the molecule is CC(=O)NCCNc1nc2c(N3CCOC[C@@H]3C)nc(-c3cnc(N)nc3C)nc2n1CC1CC1. The highest BCUT2D eigenvalue weighted by molar-refractivity contribution is 5.88. The Balaban J connectivity index is 1.63. The van der Waals surface area contributed by atoms with Crippen LogP contribution in [0.4, 0.5) is 17.7 Å². The van der Waals surface area contributed by atoms with E-state index in [4.69, 9.17) is 25.4 Å². The second kappa shape index (κ2) is 9.61. The molecule has 1 saturated carbocycles. The fourth-order valence-corrected chi connectivity index (χ4v) is 4.33. The van der Waals surface area contributed by atoms with E-state index in [1.165, 1.54) is 19.8 Å². The van der Waals surface area contributed by atoms with E-state index in [2.05, 4.69) is 37.0 Å². The Labute approximate surface area is 203 Å². The number of imidazole rings is 1. The lowest BCUT2D eigenvalue weighted by Gasteiger charge is -2.34. The quantitative estimate of drug-likeness (QED) is 0.403. The first-order chi connectivity index (χ1) is 16.9. The van der Waals surface area contributed by atoms with Gasteiger partial charge in [0, 0.05) is 39.3 Å². The Morgan fingerprint density at radius 3 is 2.77 bits per heavy atom. The van der Waals surface area contributed by atoms with Crippen molar-refractivity contribution < 1.29 is 9.53 Å². The molecule has 2 fully saturated rings. The molecule has 0 radical (unpaired) electrons. The topological polar surface area (TPSA) is 149 Å². The van der Waals surface area contributed by atoms with E-state index in [0.29, 0.717) is 44.6 Å². The molecule has 12 heteroatoms. The van der Waals surface area contributed by atoms with E-state index >= 15 is 0 Å². The Kier molecular flexibility index (Phi) is 6.37. The summed E-state index contributed by atoms with van der Waals surface area (Å²) in [5.74, 6) is 2.82. The van der Waals surface area contributed by atoms with Crippen molar-refractivity contribution in [2.45, 2.75) is 46.2 Å². The molecule has 0 aromatic carbocycles. The van der Waals surface area contributed by atoms with Crippen molar-refractivity contribution in [2.24, 2.45) is 5.92 Å². The maximum absolute atomic E-state index is 11.3. The molecule has 1 saturated heterocycles. The van der Waals surface area contributed by atoms with Crippen molar-refractivity contribution in [3.63, 3.8) is 0 Å². The highest BCUT2D eigenvalue weighted by Gasteiger charge is 2.30. The monoisotopic (exact) mass is 480 g/mol. The van der Waals surface area contributed by atoms with Crippen LogP contribution in [0.5, 0.6) is 0 Å². The standard InChI is InChI=1S/C23H32N10O2/c1-13-12-35-9-8-32(13)20-18-21(31-19(30-20)17-10-27-22(24)28-14(17)2)33(11-16-4-5-16)23(29-18)26-7-6-25-15(3)34/h10,13,16H,4-9,11-12H2,1-3H3,(H,25,34)(H,26,29)(H2,24,27,28)/t13-/m0/s1. The number of carbonyl (C=O) groups excluding carboxylic acids is 1. The second-order valence-corrected chi connectivity index (χ2v) is 9.29. The zero-order chi connectivity index (χ0) is 24.5. The second-order valence-electron chi connectivity index (χ2n) is 9.29. The Morgan fingerprint density at radius 2 is 2.06 bits per heavy atom. The number of anilines is 3. The van der Waals surface area contributed by atoms with E-state index < -0.39 is 0 Å². The lowest BCUT2D eigenvalue weighted by molar-refractivity contribution is -0.118. The van der Waals surface area contributed by atoms with Gasteiger partial charge in [-0.1, -0.05) is 0 Å². The van der Waals surface area contributed by atoms with Gasteiger partial charge in [-0.05, 0) is 32.6 Å². The number of aromatic nitrogens is 6. The smallest absolute Gasteiger partial charge is 0.220 e. The average Bonchev–Trinajstić information content (AvgIpc) is 3.58. The summed E-state index contributed by atoms with van der Waals surface area (Å²) in [4.78, 5) is 37.0. The molecule has 35 heavy (non-hydrogen) atoms. The molecule has 186 valence electrons. The molecule has 4 heterocycles. The van der Waals surface area contributed by atoms with E-state index in [0.717, 1.165) is 40.7 Å². The van der Waals surface area contributed by atoms with E-state index in [-0.39, 0.29) is 17.9 Å². The fourth-order valence-electron chi connectivity index (χ4n) is 4.33. The number of aryl methyl sites for hydroxylation is 1. The van der Waals surface area contributed by atoms with Gasteiger partial charge in [-0.2, -0.15) is 0 Å². The van der Waals surface area contributed by atoms with Gasteiger partial charge in [-0.15, -0.1) is 0 Å². The first kappa shape index (κ1) is 23.2. The lowest BCUT2D eigenvalue weighted by atomic mass is 10.2. The number of hydrogen-bond donors (Lipinski definition) is 3. The molecule has 1 aliphatic heterocycles. The highest BCUT2D eigenvalue weighted by Crippen LogP contribution is 2.36. The average molecular weight is 481 g/mol. The summed E-state index contributed by atoms with van der Waals surface area (Å²) in [7, 11) is 0. The number of nitrogens with one attached hydrogen (secondary N) is 2. The predicted octanol–water partition coefficient (Wildman–Crippen LogP) is 1.36. The van der Waals surface area contributed by atoms with Gasteiger partial charge in [0.1, 0.15) is 0 Å². The van der Waals surface area contributed by atoms with E-state index in [9.17, 15) is 4.79 Å². The molecule has 0 spiro atoms. The zero-order valence-corrected chi connectivity index (χ0v) is 20.4. The number of carbonyl (C=O) groups is 1. The van der Waals surface area contributed by atoms with Crippen LogP contribution in [0.1, 0.15) is 32.4 Å². The molecule has 1 aliphatic carbocycles. The molecular formula is C23H32N10O2. The third kappa shape index (κ3) is 4.97. The maximum atomic E-state index is 11.3. The minimum Gasteiger partial charge on any atom is -0.377 e. The third-order valence-electron chi connectivity index (χ3n) is 6.37. The van der Waals surface area contributed by atoms with Crippen molar-refractivity contribution in [1.82, 2.24) is 34.8 Å². The lowest BCUT2D eigenvalue weighted by Crippen LogP contribution is -2.44. The van der Waals surface area contributed by atoms with Crippen LogP contribution in [0.25, 0.3) is 22.6 Å². The van der Waals surface area contributed by atoms with Gasteiger partial charge in [0.15, 0.2) is 22.8 Å². The molecule has 1 amide bonds. The van der Waals surface area contributed by atoms with Gasteiger partial charge < -0.3 is 26.0 Å². The number of nitrogens with zero attached hydrogens (tertiary/aromatic N) is 7. The summed E-state index contributed by atoms with van der Waals surface area (Å²) < 4.78 is 7.82. The minimum absolute atomic E-state index is 0.0570. The summed E-state index contributed by atoms with van der Waals surface area (Å²) in [5, 5.41) is 6.22. The third-order valence-corrected chi connectivity index (χ3v) is 6.37. The van der Waals surface area contributed by atoms with Crippen LogP contribution in [-0.2, 0) is 16.1 Å². The Hall–Kier alpha value is -3.54. The first-order valence-electron chi connectivity index (χ1n) is 12.1. The molecule has 0 bridgehead atoms. The fraction of sp³-hybridized carbons (Fsp3) is 0.565. The number of nitrogens with two attached hydrogens (primary N) is 1. The van der Waals surface area contributed by atoms with Crippen molar-refractivity contribution in [3.05, 3.63) is 11.9 Å². The summed E-state index contributed by atoms with van der Waals surface area (Å²) in [6.07, 6.45) is 4.07.